The number of hydrogen-bond acceptors (Lipinski definition) is 4. The van der Waals surface area contributed by atoms with Crippen molar-refractivity contribution in [2.75, 3.05) is 5.75 Å². The lowest BCUT2D eigenvalue weighted by molar-refractivity contribution is 0.202. The Morgan fingerprint density at radius 2 is 1.93 bits per heavy atom. The van der Waals surface area contributed by atoms with E-state index in [4.69, 9.17) is 5.26 Å². The van der Waals surface area contributed by atoms with Crippen LogP contribution in [0.4, 0.5) is 0 Å². The zero-order valence-electron chi connectivity index (χ0n) is 8.00. The van der Waals surface area contributed by atoms with Crippen LogP contribution in [0.15, 0.2) is 35.2 Å². The third-order valence-corrected chi connectivity index (χ3v) is 3.66. The number of nitrogens with zero attached hydrogens (tertiary/aromatic N) is 1. The molecule has 0 fully saturated rings. The van der Waals surface area contributed by atoms with E-state index in [0.29, 0.717) is 0 Å². The smallest absolute Gasteiger partial charge is 0.180 e. The molecule has 1 aromatic rings. The van der Waals surface area contributed by atoms with Gasteiger partial charge in [0.1, 0.15) is 0 Å². The van der Waals surface area contributed by atoms with E-state index >= 15 is 0 Å². The minimum absolute atomic E-state index is 0.169. The van der Waals surface area contributed by atoms with Gasteiger partial charge < -0.3 is 5.11 Å². The quantitative estimate of drug-likeness (QED) is 0.819. The van der Waals surface area contributed by atoms with Crippen molar-refractivity contribution < 1.29 is 13.5 Å². The van der Waals surface area contributed by atoms with Gasteiger partial charge in [0.25, 0.3) is 0 Å². The van der Waals surface area contributed by atoms with Crippen LogP contribution in [0.3, 0.4) is 0 Å². The molecule has 0 aromatic heterocycles. The number of sulfone groups is 1. The van der Waals surface area contributed by atoms with Gasteiger partial charge in [-0.15, -0.1) is 0 Å². The van der Waals surface area contributed by atoms with Crippen molar-refractivity contribution in [3.63, 3.8) is 0 Å². The molecule has 4 nitrogen and oxygen atoms in total. The molecule has 15 heavy (non-hydrogen) atoms. The van der Waals surface area contributed by atoms with Crippen LogP contribution in [-0.2, 0) is 9.84 Å². The normalized spacial score (nSPS) is 13.1. The summed E-state index contributed by atoms with van der Waals surface area (Å²) in [5.74, 6) is -0.412. The highest BCUT2D eigenvalue weighted by Crippen LogP contribution is 2.11. The van der Waals surface area contributed by atoms with Gasteiger partial charge in [0, 0.05) is 0 Å². The Morgan fingerprint density at radius 3 is 2.47 bits per heavy atom. The molecule has 0 saturated heterocycles. The Morgan fingerprint density at radius 1 is 1.33 bits per heavy atom. The van der Waals surface area contributed by atoms with E-state index in [1.54, 1.807) is 24.3 Å². The van der Waals surface area contributed by atoms with Crippen LogP contribution in [0.2, 0.25) is 0 Å². The molecule has 80 valence electrons. The second-order valence-corrected chi connectivity index (χ2v) is 5.14. The van der Waals surface area contributed by atoms with Crippen LogP contribution >= 0.6 is 0 Å². The Balaban J connectivity index is 2.82. The lowest BCUT2D eigenvalue weighted by Gasteiger charge is -2.07. The van der Waals surface area contributed by atoms with E-state index in [0.717, 1.165) is 0 Å². The Bertz CT molecular complexity index is 447. The zero-order valence-corrected chi connectivity index (χ0v) is 8.81. The first-order valence-corrected chi connectivity index (χ1v) is 6.04. The first kappa shape index (κ1) is 11.7. The SMILES string of the molecule is N#CCC(O)CS(=O)(=O)c1ccccc1. The summed E-state index contributed by atoms with van der Waals surface area (Å²) in [4.78, 5) is 0.169. The molecule has 1 N–H and O–H groups in total. The van der Waals surface area contributed by atoms with E-state index < -0.39 is 21.7 Å². The summed E-state index contributed by atoms with van der Waals surface area (Å²) >= 11 is 0. The molecule has 5 heteroatoms. The van der Waals surface area contributed by atoms with Crippen molar-refractivity contribution >= 4 is 9.84 Å². The summed E-state index contributed by atoms with van der Waals surface area (Å²) in [6.07, 6.45) is -1.30. The lowest BCUT2D eigenvalue weighted by atomic mass is 10.3. The molecule has 0 saturated carbocycles. The van der Waals surface area contributed by atoms with Gasteiger partial charge >= 0.3 is 0 Å². The largest absolute Gasteiger partial charge is 0.391 e. The Hall–Kier alpha value is -1.38. The van der Waals surface area contributed by atoms with Crippen molar-refractivity contribution in [2.24, 2.45) is 0 Å². The van der Waals surface area contributed by atoms with Crippen LogP contribution in [-0.4, -0.2) is 25.4 Å². The summed E-state index contributed by atoms with van der Waals surface area (Å²) in [7, 11) is -3.48. The molecular formula is C10H11NO3S. The highest BCUT2D eigenvalue weighted by atomic mass is 32.2. The molecule has 1 rings (SSSR count). The standard InChI is InChI=1S/C10H11NO3S/c11-7-6-9(12)8-15(13,14)10-4-2-1-3-5-10/h1-5,9,12H,6,8H2. The van der Waals surface area contributed by atoms with Gasteiger partial charge in [0.15, 0.2) is 9.84 Å². The molecule has 1 atom stereocenters. The highest BCUT2D eigenvalue weighted by molar-refractivity contribution is 7.91. The van der Waals surface area contributed by atoms with Crippen LogP contribution < -0.4 is 0 Å². The lowest BCUT2D eigenvalue weighted by Crippen LogP contribution is -2.20. The number of rotatable bonds is 4. The van der Waals surface area contributed by atoms with E-state index in [9.17, 15) is 13.5 Å². The van der Waals surface area contributed by atoms with Gasteiger partial charge in [-0.25, -0.2) is 8.42 Å². The minimum Gasteiger partial charge on any atom is -0.391 e. The Kier molecular flexibility index (Phi) is 3.83. The van der Waals surface area contributed by atoms with Crippen molar-refractivity contribution in [2.45, 2.75) is 17.4 Å². The zero-order chi connectivity index (χ0) is 11.3. The van der Waals surface area contributed by atoms with E-state index in [1.807, 2.05) is 0 Å². The maximum absolute atomic E-state index is 11.6. The maximum atomic E-state index is 11.6. The van der Waals surface area contributed by atoms with Gasteiger partial charge in [-0.3, -0.25) is 0 Å². The molecular weight excluding hydrogens is 214 g/mol. The van der Waals surface area contributed by atoms with E-state index in [-0.39, 0.29) is 11.3 Å². The molecule has 1 unspecified atom stereocenters. The van der Waals surface area contributed by atoms with Gasteiger partial charge in [0.2, 0.25) is 0 Å². The fraction of sp³-hybridized carbons (Fsp3) is 0.300. The molecule has 0 radical (unpaired) electrons. The molecule has 0 spiro atoms. The molecule has 0 heterocycles. The van der Waals surface area contributed by atoms with Crippen LogP contribution in [0.25, 0.3) is 0 Å². The predicted molar refractivity (Wildman–Crippen MR) is 54.7 cm³/mol. The van der Waals surface area contributed by atoms with Gasteiger partial charge in [0.05, 0.1) is 29.2 Å². The summed E-state index contributed by atoms with van der Waals surface area (Å²) < 4.78 is 23.3. The maximum Gasteiger partial charge on any atom is 0.180 e. The highest BCUT2D eigenvalue weighted by Gasteiger charge is 2.18. The number of hydrogen-bond donors (Lipinski definition) is 1. The second kappa shape index (κ2) is 4.91. The average molecular weight is 225 g/mol. The first-order chi connectivity index (χ1) is 7.06. The topological polar surface area (TPSA) is 78.2 Å². The molecule has 0 bridgehead atoms. The van der Waals surface area contributed by atoms with Crippen molar-refractivity contribution in [3.05, 3.63) is 30.3 Å². The fourth-order valence-corrected chi connectivity index (χ4v) is 2.53. The molecule has 1 aromatic carbocycles. The monoisotopic (exact) mass is 225 g/mol. The number of nitriles is 1. The molecule has 0 amide bonds. The van der Waals surface area contributed by atoms with Crippen LogP contribution in [0.5, 0.6) is 0 Å². The van der Waals surface area contributed by atoms with Crippen molar-refractivity contribution in [1.29, 1.82) is 5.26 Å². The summed E-state index contributed by atoms with van der Waals surface area (Å²) in [6, 6.07) is 9.60. The van der Waals surface area contributed by atoms with Crippen LogP contribution in [0, 0.1) is 11.3 Å². The molecule has 0 aliphatic rings. The van der Waals surface area contributed by atoms with E-state index in [1.165, 1.54) is 12.1 Å². The van der Waals surface area contributed by atoms with Crippen LogP contribution in [0.1, 0.15) is 6.42 Å². The second-order valence-electron chi connectivity index (χ2n) is 3.11. The van der Waals surface area contributed by atoms with Gasteiger partial charge in [-0.1, -0.05) is 18.2 Å². The minimum atomic E-state index is -3.48. The first-order valence-electron chi connectivity index (χ1n) is 4.39. The molecule has 0 aliphatic carbocycles. The van der Waals surface area contributed by atoms with Gasteiger partial charge in [-0.05, 0) is 12.1 Å². The fourth-order valence-electron chi connectivity index (χ4n) is 1.14. The summed E-state index contributed by atoms with van der Waals surface area (Å²) in [5, 5.41) is 17.5. The van der Waals surface area contributed by atoms with Gasteiger partial charge in [-0.2, -0.15) is 5.26 Å². The third kappa shape index (κ3) is 3.35. The Labute approximate surface area is 88.7 Å². The number of aliphatic hydroxyl groups excluding tert-OH is 1. The van der Waals surface area contributed by atoms with Crippen molar-refractivity contribution in [3.8, 4) is 6.07 Å². The third-order valence-electron chi connectivity index (χ3n) is 1.84. The summed E-state index contributed by atoms with van der Waals surface area (Å²) in [5.41, 5.74) is 0. The number of benzene rings is 1. The predicted octanol–water partition coefficient (Wildman–Crippen LogP) is 0.735. The molecule has 0 aliphatic heterocycles. The number of aliphatic hydroxyl groups is 1. The summed E-state index contributed by atoms with van der Waals surface area (Å²) in [6.45, 7) is 0. The average Bonchev–Trinajstić information content (AvgIpc) is 2.18. The van der Waals surface area contributed by atoms with Crippen molar-refractivity contribution in [1.82, 2.24) is 0 Å². The van der Waals surface area contributed by atoms with E-state index in [2.05, 4.69) is 0 Å².